The van der Waals surface area contributed by atoms with Gasteiger partial charge in [-0.2, -0.15) is 0 Å². The summed E-state index contributed by atoms with van der Waals surface area (Å²) < 4.78 is 15.7. The fourth-order valence-corrected chi connectivity index (χ4v) is 7.21. The molecule has 0 bridgehead atoms. The van der Waals surface area contributed by atoms with Crippen LogP contribution in [0.25, 0.3) is 57.3 Å². The molecule has 0 radical (unpaired) electrons. The summed E-state index contributed by atoms with van der Waals surface area (Å²) in [6.45, 7) is 10.4. The number of hydrogen-bond acceptors (Lipinski definition) is 8. The number of aromatic nitrogens is 3. The van der Waals surface area contributed by atoms with Gasteiger partial charge in [0.15, 0.2) is 0 Å². The molecule has 0 saturated carbocycles. The van der Waals surface area contributed by atoms with Crippen molar-refractivity contribution in [3.05, 3.63) is 108 Å². The van der Waals surface area contributed by atoms with E-state index in [1.54, 1.807) is 25.1 Å². The number of hydrogen-bond donors (Lipinski definition) is 2. The number of benzene rings is 3. The van der Waals surface area contributed by atoms with Crippen LogP contribution in [0.3, 0.4) is 0 Å². The molecule has 0 aliphatic rings. The van der Waals surface area contributed by atoms with Gasteiger partial charge in [-0.05, 0) is 57.4 Å². The fraction of sp³-hybridized carbons (Fsp3) is 0.415. The average molecular weight is 855 g/mol. The van der Waals surface area contributed by atoms with E-state index >= 15 is 0 Å². The number of rotatable bonds is 25. The molecule has 5 aromatic rings. The summed E-state index contributed by atoms with van der Waals surface area (Å²) in [5.74, 6) is -0.350. The second-order valence-corrected chi connectivity index (χ2v) is 17.0. The number of carbonyl (C=O) groups is 3. The Morgan fingerprint density at radius 1 is 0.667 bits per heavy atom. The lowest BCUT2D eigenvalue weighted by Crippen LogP contribution is -2.22. The molecule has 0 atom stereocenters. The first-order chi connectivity index (χ1) is 30.5. The average Bonchev–Trinajstić information content (AvgIpc) is 3.96. The molecule has 3 aromatic carbocycles. The Kier molecular flexibility index (Phi) is 19.2. The standard InChI is InChI=1S/C53H66N4O6/c1-6-8-9-10-11-12-13-14-15-16-17-18-19-20-37-54-47(58)35-25-39-21-27-42(28-22-39)49-50(43-29-23-40(24-30-43)26-36-48(59)62-53(3,4)5)56-51(55-49)44-33-31-41(32-34-44)45-38-46(63-57-45)52(60)61-7-2/h21-36,38H,6-20,37H2,1-5H3,(H,54,58)(H,55,56)/b35-25?,36-26+. The Labute approximate surface area is 374 Å². The van der Waals surface area contributed by atoms with E-state index < -0.39 is 17.5 Å². The first-order valence-electron chi connectivity index (χ1n) is 23.0. The molecule has 2 N–H and O–H groups in total. The van der Waals surface area contributed by atoms with Crippen molar-refractivity contribution < 1.29 is 28.4 Å². The van der Waals surface area contributed by atoms with E-state index in [2.05, 4.69) is 22.4 Å². The molecular weight excluding hydrogens is 789 g/mol. The normalized spacial score (nSPS) is 11.7. The highest BCUT2D eigenvalue weighted by Gasteiger charge is 2.18. The highest BCUT2D eigenvalue weighted by Crippen LogP contribution is 2.34. The van der Waals surface area contributed by atoms with E-state index in [9.17, 15) is 14.4 Å². The molecular formula is C53H66N4O6. The summed E-state index contributed by atoms with van der Waals surface area (Å²) in [7, 11) is 0. The lowest BCUT2D eigenvalue weighted by molar-refractivity contribution is -0.148. The molecule has 0 unspecified atom stereocenters. The SMILES string of the molecule is CCCCCCCCCCCCCCCCNC(=O)C=Cc1ccc(-c2[nH]c(-c3ccc(-c4cc(C(=O)OCC)on4)cc3)nc2-c2ccc(/C=C/C(=O)OC(C)(C)C)cc2)cc1. The first kappa shape index (κ1) is 48.0. The highest BCUT2D eigenvalue weighted by atomic mass is 16.6. The van der Waals surface area contributed by atoms with Crippen molar-refractivity contribution in [3.63, 3.8) is 0 Å². The Bertz CT molecular complexity index is 2220. The van der Waals surface area contributed by atoms with Crippen molar-refractivity contribution in [2.45, 2.75) is 130 Å². The topological polar surface area (TPSA) is 136 Å². The smallest absolute Gasteiger partial charge is 0.377 e. The number of nitrogens with zero attached hydrogens (tertiary/aromatic N) is 2. The second-order valence-electron chi connectivity index (χ2n) is 17.0. The van der Waals surface area contributed by atoms with Gasteiger partial charge in [0.05, 0.1) is 18.0 Å². The Morgan fingerprint density at radius 2 is 1.19 bits per heavy atom. The summed E-state index contributed by atoms with van der Waals surface area (Å²) in [6.07, 6.45) is 24.9. The largest absolute Gasteiger partial charge is 0.460 e. The summed E-state index contributed by atoms with van der Waals surface area (Å²) in [5.41, 5.74) is 6.68. The summed E-state index contributed by atoms with van der Waals surface area (Å²) in [6, 6.07) is 25.0. The third-order valence-electron chi connectivity index (χ3n) is 10.6. The van der Waals surface area contributed by atoms with Crippen LogP contribution >= 0.6 is 0 Å². The van der Waals surface area contributed by atoms with Crippen molar-refractivity contribution in [1.82, 2.24) is 20.4 Å². The van der Waals surface area contributed by atoms with Crippen LogP contribution in [0.5, 0.6) is 0 Å². The van der Waals surface area contributed by atoms with Crippen molar-refractivity contribution >= 4 is 30.0 Å². The molecule has 0 saturated heterocycles. The quantitative estimate of drug-likeness (QED) is 0.0336. The van der Waals surface area contributed by atoms with Crippen molar-refractivity contribution in [3.8, 4) is 45.2 Å². The lowest BCUT2D eigenvalue weighted by atomic mass is 10.0. The first-order valence-corrected chi connectivity index (χ1v) is 23.0. The van der Waals surface area contributed by atoms with Gasteiger partial charge in [0, 0.05) is 47.0 Å². The van der Waals surface area contributed by atoms with Gasteiger partial charge in [-0.3, -0.25) is 4.79 Å². The Hall–Kier alpha value is -6.03. The third kappa shape index (κ3) is 16.3. The fourth-order valence-electron chi connectivity index (χ4n) is 7.21. The van der Waals surface area contributed by atoms with Crippen LogP contribution in [0.2, 0.25) is 0 Å². The van der Waals surface area contributed by atoms with E-state index in [1.165, 1.54) is 83.1 Å². The van der Waals surface area contributed by atoms with Crippen LogP contribution in [-0.2, 0) is 19.1 Å². The maximum atomic E-state index is 12.6. The summed E-state index contributed by atoms with van der Waals surface area (Å²) in [5, 5.41) is 7.08. The number of H-pyrrole nitrogens is 1. The Balaban J connectivity index is 1.19. The van der Waals surface area contributed by atoms with Gasteiger partial charge in [0.1, 0.15) is 17.1 Å². The number of aromatic amines is 1. The summed E-state index contributed by atoms with van der Waals surface area (Å²) in [4.78, 5) is 45.6. The molecule has 1 amide bonds. The molecule has 63 heavy (non-hydrogen) atoms. The van der Waals surface area contributed by atoms with Crippen LogP contribution in [0.15, 0.2) is 95.5 Å². The van der Waals surface area contributed by atoms with E-state index in [1.807, 2.05) is 99.6 Å². The molecule has 2 heterocycles. The zero-order chi connectivity index (χ0) is 44.9. The molecule has 10 nitrogen and oxygen atoms in total. The van der Waals surface area contributed by atoms with Crippen LogP contribution in [-0.4, -0.2) is 51.7 Å². The number of amides is 1. The number of carbonyl (C=O) groups excluding carboxylic acids is 3. The molecule has 0 fully saturated rings. The maximum absolute atomic E-state index is 12.6. The molecule has 0 aliphatic heterocycles. The monoisotopic (exact) mass is 854 g/mol. The minimum absolute atomic E-state index is 0.0442. The van der Waals surface area contributed by atoms with E-state index in [0.717, 1.165) is 57.6 Å². The number of imidazole rings is 1. The molecule has 5 rings (SSSR count). The molecule has 334 valence electrons. The predicted molar refractivity (Wildman–Crippen MR) is 254 cm³/mol. The minimum Gasteiger partial charge on any atom is -0.460 e. The zero-order valence-electron chi connectivity index (χ0n) is 38.0. The van der Waals surface area contributed by atoms with Gasteiger partial charge in [-0.15, -0.1) is 0 Å². The van der Waals surface area contributed by atoms with Crippen LogP contribution in [0.1, 0.15) is 146 Å². The van der Waals surface area contributed by atoms with Crippen LogP contribution in [0.4, 0.5) is 0 Å². The van der Waals surface area contributed by atoms with Crippen LogP contribution < -0.4 is 5.32 Å². The van der Waals surface area contributed by atoms with Crippen molar-refractivity contribution in [2.75, 3.05) is 13.2 Å². The van der Waals surface area contributed by atoms with Crippen molar-refractivity contribution in [1.29, 1.82) is 0 Å². The zero-order valence-corrected chi connectivity index (χ0v) is 38.0. The predicted octanol–water partition coefficient (Wildman–Crippen LogP) is 13.2. The van der Waals surface area contributed by atoms with Gasteiger partial charge < -0.3 is 24.3 Å². The Morgan fingerprint density at radius 3 is 1.76 bits per heavy atom. The van der Waals surface area contributed by atoms with Gasteiger partial charge in [0.25, 0.3) is 0 Å². The van der Waals surface area contributed by atoms with Gasteiger partial charge >= 0.3 is 11.9 Å². The van der Waals surface area contributed by atoms with Crippen LogP contribution in [0, 0.1) is 0 Å². The van der Waals surface area contributed by atoms with Gasteiger partial charge in [-0.1, -0.05) is 168 Å². The van der Waals surface area contributed by atoms with Gasteiger partial charge in [0.2, 0.25) is 11.7 Å². The van der Waals surface area contributed by atoms with E-state index in [4.69, 9.17) is 19.0 Å². The van der Waals surface area contributed by atoms with E-state index in [-0.39, 0.29) is 18.3 Å². The molecule has 0 aliphatic carbocycles. The number of nitrogens with one attached hydrogen (secondary N) is 2. The molecule has 0 spiro atoms. The lowest BCUT2D eigenvalue weighted by Gasteiger charge is -2.17. The second kappa shape index (κ2) is 25.2. The maximum Gasteiger partial charge on any atom is 0.377 e. The van der Waals surface area contributed by atoms with Gasteiger partial charge in [-0.25, -0.2) is 14.6 Å². The van der Waals surface area contributed by atoms with Crippen molar-refractivity contribution in [2.24, 2.45) is 0 Å². The number of ether oxygens (including phenoxy) is 2. The minimum atomic E-state index is -0.572. The molecule has 10 heteroatoms. The summed E-state index contributed by atoms with van der Waals surface area (Å²) >= 11 is 0. The highest BCUT2D eigenvalue weighted by molar-refractivity contribution is 5.92. The number of esters is 2. The number of unbranched alkanes of at least 4 members (excludes halogenated alkanes) is 13. The van der Waals surface area contributed by atoms with E-state index in [0.29, 0.717) is 18.1 Å². The molecule has 2 aromatic heterocycles. The third-order valence-corrected chi connectivity index (χ3v) is 10.6.